The van der Waals surface area contributed by atoms with Gasteiger partial charge in [-0.15, -0.1) is 0 Å². The third-order valence-corrected chi connectivity index (χ3v) is 5.16. The fourth-order valence-electron chi connectivity index (χ4n) is 2.15. The highest BCUT2D eigenvalue weighted by Gasteiger charge is 2.25. The molecule has 1 fully saturated rings. The van der Waals surface area contributed by atoms with Gasteiger partial charge >= 0.3 is 5.97 Å². The summed E-state index contributed by atoms with van der Waals surface area (Å²) in [5.74, 6) is -1.10. The van der Waals surface area contributed by atoms with Crippen LogP contribution in [0.15, 0.2) is 23.1 Å². The van der Waals surface area contributed by atoms with Crippen molar-refractivity contribution in [2.75, 3.05) is 19.0 Å². The maximum atomic E-state index is 12.2. The first-order chi connectivity index (χ1) is 8.90. The molecule has 1 aliphatic heterocycles. The van der Waals surface area contributed by atoms with Gasteiger partial charge < -0.3 is 9.84 Å². The first-order valence-electron chi connectivity index (χ1n) is 6.04. The van der Waals surface area contributed by atoms with Gasteiger partial charge in [0.2, 0.25) is 0 Å². The van der Waals surface area contributed by atoms with Crippen molar-refractivity contribution in [2.24, 2.45) is 5.92 Å². The number of ether oxygens (including phenoxy) is 1. The highest BCUT2D eigenvalue weighted by atomic mass is 32.2. The number of carboxylic acids is 1. The fraction of sp³-hybridized carbons (Fsp3) is 0.462. The molecule has 1 aromatic rings. The zero-order valence-electron chi connectivity index (χ0n) is 10.6. The molecule has 1 saturated heterocycles. The minimum absolute atomic E-state index is 0.000388. The monoisotopic (exact) mass is 284 g/mol. The molecule has 1 aliphatic rings. The van der Waals surface area contributed by atoms with Gasteiger partial charge in [-0.05, 0) is 37.0 Å². The van der Waals surface area contributed by atoms with E-state index in [1.54, 1.807) is 6.92 Å². The molecular formula is C13H16O5S. The minimum Gasteiger partial charge on any atom is -0.478 e. The molecule has 1 heterocycles. The number of rotatable bonds is 4. The van der Waals surface area contributed by atoms with Gasteiger partial charge in [-0.2, -0.15) is 0 Å². The number of aromatic carboxylic acids is 1. The van der Waals surface area contributed by atoms with E-state index in [2.05, 4.69) is 0 Å². The summed E-state index contributed by atoms with van der Waals surface area (Å²) in [6, 6.07) is 4.23. The molecule has 0 saturated carbocycles. The van der Waals surface area contributed by atoms with Crippen molar-refractivity contribution < 1.29 is 23.1 Å². The van der Waals surface area contributed by atoms with Crippen LogP contribution in [-0.4, -0.2) is 38.5 Å². The zero-order chi connectivity index (χ0) is 14.0. The van der Waals surface area contributed by atoms with Crippen molar-refractivity contribution >= 4 is 15.8 Å². The summed E-state index contributed by atoms with van der Waals surface area (Å²) in [4.78, 5) is 11.1. The lowest BCUT2D eigenvalue weighted by atomic mass is 10.1. The first-order valence-corrected chi connectivity index (χ1v) is 7.70. The van der Waals surface area contributed by atoms with Crippen LogP contribution < -0.4 is 0 Å². The van der Waals surface area contributed by atoms with E-state index in [-0.39, 0.29) is 22.1 Å². The molecule has 0 radical (unpaired) electrons. The van der Waals surface area contributed by atoms with E-state index in [0.717, 1.165) is 6.42 Å². The molecular weight excluding hydrogens is 268 g/mol. The number of benzene rings is 1. The van der Waals surface area contributed by atoms with Crippen LogP contribution in [0.5, 0.6) is 0 Å². The lowest BCUT2D eigenvalue weighted by molar-refractivity contribution is 0.0696. The van der Waals surface area contributed by atoms with Crippen LogP contribution in [0.25, 0.3) is 0 Å². The Labute approximate surface area is 112 Å². The van der Waals surface area contributed by atoms with Crippen LogP contribution in [0.2, 0.25) is 0 Å². The van der Waals surface area contributed by atoms with Crippen molar-refractivity contribution in [1.29, 1.82) is 0 Å². The maximum Gasteiger partial charge on any atom is 0.335 e. The summed E-state index contributed by atoms with van der Waals surface area (Å²) < 4.78 is 29.6. The topological polar surface area (TPSA) is 80.7 Å². The van der Waals surface area contributed by atoms with E-state index in [0.29, 0.717) is 18.8 Å². The van der Waals surface area contributed by atoms with E-state index < -0.39 is 15.8 Å². The van der Waals surface area contributed by atoms with Gasteiger partial charge in [0, 0.05) is 6.61 Å². The molecule has 0 aromatic heterocycles. The Morgan fingerprint density at radius 1 is 1.47 bits per heavy atom. The van der Waals surface area contributed by atoms with Crippen molar-refractivity contribution in [3.63, 3.8) is 0 Å². The van der Waals surface area contributed by atoms with Crippen LogP contribution in [0.4, 0.5) is 0 Å². The van der Waals surface area contributed by atoms with E-state index in [4.69, 9.17) is 9.84 Å². The molecule has 5 nitrogen and oxygen atoms in total. The second kappa shape index (κ2) is 5.30. The van der Waals surface area contributed by atoms with E-state index in [1.165, 1.54) is 18.2 Å². The highest BCUT2D eigenvalue weighted by Crippen LogP contribution is 2.22. The predicted molar refractivity (Wildman–Crippen MR) is 69.1 cm³/mol. The van der Waals surface area contributed by atoms with E-state index in [9.17, 15) is 13.2 Å². The van der Waals surface area contributed by atoms with Crippen LogP contribution in [0.3, 0.4) is 0 Å². The Hall–Kier alpha value is -1.40. The lowest BCUT2D eigenvalue weighted by Gasteiger charge is -2.10. The van der Waals surface area contributed by atoms with Crippen LogP contribution in [0.1, 0.15) is 22.3 Å². The maximum absolute atomic E-state index is 12.2. The molecule has 0 aliphatic carbocycles. The molecule has 1 unspecified atom stereocenters. The number of sulfone groups is 1. The third kappa shape index (κ3) is 3.13. The first kappa shape index (κ1) is 14.0. The molecule has 0 amide bonds. The van der Waals surface area contributed by atoms with Gasteiger partial charge in [0.1, 0.15) is 0 Å². The SMILES string of the molecule is Cc1ccc(S(=O)(=O)CC2CCOC2)cc1C(=O)O. The molecule has 0 bridgehead atoms. The largest absolute Gasteiger partial charge is 0.478 e. The zero-order valence-corrected chi connectivity index (χ0v) is 11.4. The van der Waals surface area contributed by atoms with Gasteiger partial charge in [-0.3, -0.25) is 0 Å². The van der Waals surface area contributed by atoms with Gasteiger partial charge in [-0.1, -0.05) is 6.07 Å². The lowest BCUT2D eigenvalue weighted by Crippen LogP contribution is -2.17. The molecule has 104 valence electrons. The van der Waals surface area contributed by atoms with Crippen LogP contribution in [-0.2, 0) is 14.6 Å². The van der Waals surface area contributed by atoms with Gasteiger partial charge in [0.15, 0.2) is 9.84 Å². The smallest absolute Gasteiger partial charge is 0.335 e. The number of hydrogen-bond acceptors (Lipinski definition) is 4. The Balaban J connectivity index is 2.29. The molecule has 1 atom stereocenters. The average molecular weight is 284 g/mol. The van der Waals surface area contributed by atoms with Crippen LogP contribution >= 0.6 is 0 Å². The Morgan fingerprint density at radius 3 is 2.79 bits per heavy atom. The van der Waals surface area contributed by atoms with Crippen molar-refractivity contribution in [3.8, 4) is 0 Å². The van der Waals surface area contributed by atoms with Crippen molar-refractivity contribution in [2.45, 2.75) is 18.2 Å². The molecule has 1 aromatic carbocycles. The number of hydrogen-bond donors (Lipinski definition) is 1. The second-order valence-corrected chi connectivity index (χ2v) is 6.83. The predicted octanol–water partition coefficient (Wildman–Crippen LogP) is 1.50. The Morgan fingerprint density at radius 2 is 2.21 bits per heavy atom. The summed E-state index contributed by atoms with van der Waals surface area (Å²) >= 11 is 0. The molecule has 6 heteroatoms. The summed E-state index contributed by atoms with van der Waals surface area (Å²) in [5, 5.41) is 9.03. The standard InChI is InChI=1S/C13H16O5S/c1-9-2-3-11(6-12(9)13(14)15)19(16,17)8-10-4-5-18-7-10/h2-3,6,10H,4-5,7-8H2,1H3,(H,14,15). The summed E-state index contributed by atoms with van der Waals surface area (Å²) in [5.41, 5.74) is 0.583. The van der Waals surface area contributed by atoms with Gasteiger partial charge in [0.05, 0.1) is 22.8 Å². The summed E-state index contributed by atoms with van der Waals surface area (Å²) in [7, 11) is -3.46. The number of aryl methyl sites for hydroxylation is 1. The molecule has 0 spiro atoms. The second-order valence-electron chi connectivity index (χ2n) is 4.79. The van der Waals surface area contributed by atoms with Gasteiger partial charge in [0.25, 0.3) is 0 Å². The Bertz CT molecular complexity index is 585. The molecule has 2 rings (SSSR count). The third-order valence-electron chi connectivity index (χ3n) is 3.28. The van der Waals surface area contributed by atoms with Gasteiger partial charge in [-0.25, -0.2) is 13.2 Å². The van der Waals surface area contributed by atoms with E-state index in [1.807, 2.05) is 0 Å². The Kier molecular flexibility index (Phi) is 3.91. The summed E-state index contributed by atoms with van der Waals surface area (Å²) in [6.07, 6.45) is 0.733. The average Bonchev–Trinajstić information content (AvgIpc) is 2.80. The summed E-state index contributed by atoms with van der Waals surface area (Å²) in [6.45, 7) is 2.69. The number of carbonyl (C=O) groups is 1. The fourth-order valence-corrected chi connectivity index (χ4v) is 3.80. The highest BCUT2D eigenvalue weighted by molar-refractivity contribution is 7.91. The quantitative estimate of drug-likeness (QED) is 0.906. The van der Waals surface area contributed by atoms with E-state index >= 15 is 0 Å². The molecule has 19 heavy (non-hydrogen) atoms. The minimum atomic E-state index is -3.46. The number of carboxylic acid groups (broad SMARTS) is 1. The molecule has 1 N–H and O–H groups in total. The van der Waals surface area contributed by atoms with Crippen molar-refractivity contribution in [1.82, 2.24) is 0 Å². The van der Waals surface area contributed by atoms with Crippen LogP contribution in [0, 0.1) is 12.8 Å². The normalized spacial score (nSPS) is 19.5. The van der Waals surface area contributed by atoms with Crippen molar-refractivity contribution in [3.05, 3.63) is 29.3 Å².